The molecule has 0 radical (unpaired) electrons. The highest BCUT2D eigenvalue weighted by Crippen LogP contribution is 2.44. The van der Waals surface area contributed by atoms with Gasteiger partial charge in [-0.2, -0.15) is 0 Å². The number of hydrogen-bond donors (Lipinski definition) is 0. The molecule has 0 N–H and O–H groups in total. The van der Waals surface area contributed by atoms with E-state index in [2.05, 4.69) is 125 Å². The van der Waals surface area contributed by atoms with Crippen LogP contribution < -0.4 is 0 Å². The van der Waals surface area contributed by atoms with Crippen molar-refractivity contribution in [3.63, 3.8) is 0 Å². The van der Waals surface area contributed by atoms with E-state index in [4.69, 9.17) is 18.0 Å². The van der Waals surface area contributed by atoms with Gasteiger partial charge in [0.25, 0.3) is 0 Å². The number of methoxy groups -OCH3 is 1. The minimum atomic E-state index is -2.20. The minimum absolute atomic E-state index is 0.0117. The largest absolute Gasteiger partial charge is 0.469 e. The van der Waals surface area contributed by atoms with E-state index in [1.165, 1.54) is 26.4 Å². The molecular weight excluding hydrogens is 661 g/mol. The predicted octanol–water partition coefficient (Wildman–Crippen LogP) is 10.6. The van der Waals surface area contributed by atoms with E-state index in [0.717, 1.165) is 19.3 Å². The number of ether oxygens (including phenoxy) is 1. The van der Waals surface area contributed by atoms with Crippen LogP contribution in [0.15, 0.2) is 12.2 Å². The molecule has 9 heteroatoms. The van der Waals surface area contributed by atoms with Gasteiger partial charge in [-0.05, 0) is 87.5 Å². The number of ketones is 1. The maximum Gasteiger partial charge on any atom is 0.308 e. The fourth-order valence-corrected chi connectivity index (χ4v) is 10.1. The van der Waals surface area contributed by atoms with Crippen LogP contribution in [0.4, 0.5) is 0 Å². The quantitative estimate of drug-likeness (QED) is 0.0722. The number of carbonyl (C=O) groups is 2. The summed E-state index contributed by atoms with van der Waals surface area (Å²) in [5, 5.41) is 0.0995. The Morgan fingerprint density at radius 2 is 1.57 bits per heavy atom. The van der Waals surface area contributed by atoms with Crippen LogP contribution >= 0.6 is 0 Å². The lowest BCUT2D eigenvalue weighted by molar-refractivity contribution is -0.145. The van der Waals surface area contributed by atoms with Crippen LogP contribution in [-0.2, 0) is 27.6 Å². The van der Waals surface area contributed by atoms with Crippen LogP contribution in [0.2, 0.25) is 55.9 Å². The molecule has 0 saturated heterocycles. The van der Waals surface area contributed by atoms with Crippen LogP contribution in [0, 0.1) is 41.4 Å². The van der Waals surface area contributed by atoms with Crippen molar-refractivity contribution in [2.75, 3.05) is 7.11 Å². The molecule has 0 heterocycles. The first-order valence-electron chi connectivity index (χ1n) is 19.1. The van der Waals surface area contributed by atoms with Crippen molar-refractivity contribution >= 4 is 36.7 Å². The molecule has 2 rings (SSSR count). The summed E-state index contributed by atoms with van der Waals surface area (Å²) in [4.78, 5) is 26.4. The van der Waals surface area contributed by atoms with Crippen molar-refractivity contribution in [2.24, 2.45) is 29.6 Å². The summed E-state index contributed by atoms with van der Waals surface area (Å²) in [7, 11) is -4.91. The van der Waals surface area contributed by atoms with Gasteiger partial charge in [0.05, 0.1) is 31.2 Å². The highest BCUT2D eigenvalue weighted by molar-refractivity contribution is 6.74. The SMILES string of the molecule is CCCC[C@H](C)C[C@@H](/C=C/[C@@H]1[C@@H](C(C#C[C@H]2CC[C@H](C(=O)OC)C2)O[Si](C)(C)C)C(=O)C[C@H]1O[Si](C)(C)C(C)(C)C)O[Si](C)(C)C(C)(C)C. The standard InChI is InChI=1S/C40H74O6Si3/c1-17-18-19-29(2)26-32(44-48(13,14)39(3,4)5)23-24-33-36(46-49(15,16)40(6,7)8)28-34(41)37(33)35(45-47(10,11)12)25-21-30-20-22-31(27-30)38(42)43-9/h23-24,29-33,35-37H,17-20,22,26-28H2,1-16H3/b24-23+/t29-,30+,31-,32+,33-,35?,36+,37+/m0/s1. The van der Waals surface area contributed by atoms with Crippen molar-refractivity contribution in [2.45, 2.75) is 181 Å². The number of rotatable bonds is 15. The highest BCUT2D eigenvalue weighted by Gasteiger charge is 2.50. The third-order valence-corrected chi connectivity index (χ3v) is 21.5. The summed E-state index contributed by atoms with van der Waals surface area (Å²) >= 11 is 0. The second-order valence-electron chi connectivity index (χ2n) is 19.1. The molecule has 2 aliphatic carbocycles. The molecule has 1 unspecified atom stereocenters. The lowest BCUT2D eigenvalue weighted by atomic mass is 9.88. The molecule has 2 aliphatic rings. The first-order valence-corrected chi connectivity index (χ1v) is 28.4. The van der Waals surface area contributed by atoms with E-state index < -0.39 is 37.0 Å². The monoisotopic (exact) mass is 734 g/mol. The molecule has 0 aromatic carbocycles. The van der Waals surface area contributed by atoms with Gasteiger partial charge in [-0.3, -0.25) is 9.59 Å². The van der Waals surface area contributed by atoms with E-state index in [1.54, 1.807) is 0 Å². The zero-order valence-corrected chi connectivity index (χ0v) is 37.4. The molecule has 2 saturated carbocycles. The molecule has 6 nitrogen and oxygen atoms in total. The number of unbranched alkanes of at least 4 members (excludes halogenated alkanes) is 1. The Bertz CT molecular complexity index is 1180. The second kappa shape index (κ2) is 17.7. The van der Waals surface area contributed by atoms with Gasteiger partial charge in [-0.25, -0.2) is 0 Å². The van der Waals surface area contributed by atoms with E-state index in [1.807, 2.05) is 0 Å². The van der Waals surface area contributed by atoms with Crippen molar-refractivity contribution in [1.82, 2.24) is 0 Å². The highest BCUT2D eigenvalue weighted by atomic mass is 28.4. The fraction of sp³-hybridized carbons (Fsp3) is 0.850. The molecular formula is C40H74O6Si3. The molecule has 282 valence electrons. The van der Waals surface area contributed by atoms with Gasteiger partial charge in [0, 0.05) is 18.3 Å². The zero-order valence-electron chi connectivity index (χ0n) is 34.4. The number of esters is 1. The molecule has 8 atom stereocenters. The smallest absolute Gasteiger partial charge is 0.308 e. The van der Waals surface area contributed by atoms with Crippen LogP contribution in [0.3, 0.4) is 0 Å². The molecule has 0 amide bonds. The number of Topliss-reactive ketones (excluding diaryl/α,β-unsaturated/α-hetero) is 1. The van der Waals surface area contributed by atoms with E-state index in [9.17, 15) is 9.59 Å². The first kappa shape index (κ1) is 44.1. The van der Waals surface area contributed by atoms with Crippen LogP contribution in [-0.4, -0.2) is 62.1 Å². The lowest BCUT2D eigenvalue weighted by Crippen LogP contribution is -2.46. The average Bonchev–Trinajstić information content (AvgIpc) is 3.54. The van der Waals surface area contributed by atoms with Crippen molar-refractivity contribution in [3.8, 4) is 11.8 Å². The van der Waals surface area contributed by atoms with Gasteiger partial charge in [-0.1, -0.05) is 98.6 Å². The Kier molecular flexibility index (Phi) is 15.9. The third kappa shape index (κ3) is 13.2. The number of hydrogen-bond acceptors (Lipinski definition) is 6. The molecule has 0 spiro atoms. The average molecular weight is 735 g/mol. The van der Waals surface area contributed by atoms with E-state index in [-0.39, 0.29) is 51.8 Å². The maximum atomic E-state index is 14.2. The molecule has 0 aliphatic heterocycles. The molecule has 0 aromatic heterocycles. The van der Waals surface area contributed by atoms with Crippen LogP contribution in [0.1, 0.15) is 107 Å². The molecule has 49 heavy (non-hydrogen) atoms. The molecule has 0 aromatic rings. The topological polar surface area (TPSA) is 71.1 Å². The zero-order chi connectivity index (χ0) is 37.6. The fourth-order valence-electron chi connectivity index (χ4n) is 6.51. The van der Waals surface area contributed by atoms with Gasteiger partial charge in [0.2, 0.25) is 0 Å². The Balaban J connectivity index is 2.61. The van der Waals surface area contributed by atoms with Gasteiger partial charge >= 0.3 is 5.97 Å². The Labute approximate surface area is 305 Å². The van der Waals surface area contributed by atoms with Gasteiger partial charge < -0.3 is 18.0 Å². The van der Waals surface area contributed by atoms with Gasteiger partial charge in [0.15, 0.2) is 25.0 Å². The lowest BCUT2D eigenvalue weighted by Gasteiger charge is -2.40. The maximum absolute atomic E-state index is 14.2. The predicted molar refractivity (Wildman–Crippen MR) is 212 cm³/mol. The minimum Gasteiger partial charge on any atom is -0.469 e. The third-order valence-electron chi connectivity index (χ3n) is 11.6. The van der Waals surface area contributed by atoms with Crippen molar-refractivity contribution < 1.29 is 27.6 Å². The van der Waals surface area contributed by atoms with Crippen LogP contribution in [0.25, 0.3) is 0 Å². The Morgan fingerprint density at radius 1 is 0.959 bits per heavy atom. The number of carbonyl (C=O) groups excluding carboxylic acids is 2. The Hall–Kier alpha value is -1.03. The van der Waals surface area contributed by atoms with E-state index >= 15 is 0 Å². The summed E-state index contributed by atoms with van der Waals surface area (Å²) in [6.45, 7) is 34.0. The Morgan fingerprint density at radius 3 is 2.10 bits per heavy atom. The summed E-state index contributed by atoms with van der Waals surface area (Å²) in [5.41, 5.74) is 0. The first-order chi connectivity index (χ1) is 22.3. The van der Waals surface area contributed by atoms with Crippen LogP contribution in [0.5, 0.6) is 0 Å². The summed E-state index contributed by atoms with van der Waals surface area (Å²) in [6, 6.07) is 0. The molecule has 2 fully saturated rings. The summed E-state index contributed by atoms with van der Waals surface area (Å²) in [5.74, 6) is 6.94. The second-order valence-corrected chi connectivity index (χ2v) is 33.1. The van der Waals surface area contributed by atoms with Gasteiger partial charge in [-0.15, -0.1) is 0 Å². The van der Waals surface area contributed by atoms with Crippen molar-refractivity contribution in [1.29, 1.82) is 0 Å². The van der Waals surface area contributed by atoms with Crippen molar-refractivity contribution in [3.05, 3.63) is 12.2 Å². The summed E-state index contributed by atoms with van der Waals surface area (Å²) < 4.78 is 26.0. The normalized spacial score (nSPS) is 26.0. The molecule has 0 bridgehead atoms. The van der Waals surface area contributed by atoms with E-state index in [0.29, 0.717) is 18.8 Å². The summed E-state index contributed by atoms with van der Waals surface area (Å²) in [6.07, 6.45) is 11.0. The van der Waals surface area contributed by atoms with Gasteiger partial charge in [0.1, 0.15) is 11.9 Å².